The van der Waals surface area contributed by atoms with Crippen LogP contribution in [0.4, 0.5) is 5.95 Å². The lowest BCUT2D eigenvalue weighted by Gasteiger charge is -2.21. The molecule has 2 heterocycles. The Bertz CT molecular complexity index is 636. The van der Waals surface area contributed by atoms with Crippen molar-refractivity contribution < 1.29 is 4.74 Å². The number of hydrogen-bond donors (Lipinski definition) is 1. The summed E-state index contributed by atoms with van der Waals surface area (Å²) in [5.74, 6) is 1.25. The molecule has 22 heavy (non-hydrogen) atoms. The zero-order valence-corrected chi connectivity index (χ0v) is 14.8. The molecule has 0 unspecified atom stereocenters. The van der Waals surface area contributed by atoms with Crippen LogP contribution in [0.5, 0.6) is 0 Å². The van der Waals surface area contributed by atoms with Crippen LogP contribution in [0.1, 0.15) is 50.6 Å². The van der Waals surface area contributed by atoms with Gasteiger partial charge in [0.05, 0.1) is 18.3 Å². The first-order valence-corrected chi connectivity index (χ1v) is 8.78. The Labute approximate surface area is 139 Å². The van der Waals surface area contributed by atoms with Crippen molar-refractivity contribution in [3.8, 4) is 0 Å². The van der Waals surface area contributed by atoms with Gasteiger partial charge in [-0.15, -0.1) is 5.10 Å². The van der Waals surface area contributed by atoms with E-state index in [0.29, 0.717) is 18.5 Å². The largest absolute Gasteiger partial charge is 0.383 e. The van der Waals surface area contributed by atoms with Crippen molar-refractivity contribution in [2.45, 2.75) is 51.0 Å². The van der Waals surface area contributed by atoms with Crippen molar-refractivity contribution >= 4 is 27.4 Å². The normalized spacial score (nSPS) is 17.8. The predicted molar refractivity (Wildman–Crippen MR) is 91.5 cm³/mol. The summed E-state index contributed by atoms with van der Waals surface area (Å²) >= 11 is 3.64. The van der Waals surface area contributed by atoms with Crippen molar-refractivity contribution in [1.29, 1.82) is 0 Å². The van der Waals surface area contributed by atoms with Crippen LogP contribution in [0, 0.1) is 0 Å². The Morgan fingerprint density at radius 3 is 2.91 bits per heavy atom. The Morgan fingerprint density at radius 1 is 1.41 bits per heavy atom. The van der Waals surface area contributed by atoms with Crippen LogP contribution in [-0.4, -0.2) is 34.4 Å². The molecule has 1 saturated carbocycles. The molecule has 1 aliphatic rings. The van der Waals surface area contributed by atoms with Crippen LogP contribution >= 0.6 is 15.9 Å². The highest BCUT2D eigenvalue weighted by Gasteiger charge is 2.21. The molecule has 0 spiro atoms. The molecule has 2 aromatic rings. The molecule has 2 aromatic heterocycles. The van der Waals surface area contributed by atoms with Crippen molar-refractivity contribution in [2.75, 3.05) is 19.0 Å². The number of anilines is 1. The van der Waals surface area contributed by atoms with Gasteiger partial charge in [0.1, 0.15) is 0 Å². The maximum absolute atomic E-state index is 5.15. The van der Waals surface area contributed by atoms with Gasteiger partial charge in [-0.1, -0.05) is 19.3 Å². The Morgan fingerprint density at radius 2 is 2.18 bits per heavy atom. The van der Waals surface area contributed by atoms with E-state index in [0.717, 1.165) is 9.99 Å². The minimum atomic E-state index is 0.180. The molecule has 1 fully saturated rings. The van der Waals surface area contributed by atoms with Gasteiger partial charge < -0.3 is 10.1 Å². The van der Waals surface area contributed by atoms with Gasteiger partial charge in [0, 0.05) is 29.2 Å². The lowest BCUT2D eigenvalue weighted by Crippen LogP contribution is -2.23. The van der Waals surface area contributed by atoms with Gasteiger partial charge in [-0.25, -0.2) is 9.50 Å². The zero-order valence-electron chi connectivity index (χ0n) is 13.2. The van der Waals surface area contributed by atoms with E-state index < -0.39 is 0 Å². The van der Waals surface area contributed by atoms with E-state index in [1.165, 1.54) is 37.8 Å². The molecule has 0 amide bonds. The van der Waals surface area contributed by atoms with Crippen molar-refractivity contribution in [1.82, 2.24) is 14.6 Å². The second kappa shape index (κ2) is 6.96. The molecular formula is C16H23BrN4O. The summed E-state index contributed by atoms with van der Waals surface area (Å²) in [6.45, 7) is 2.69. The summed E-state index contributed by atoms with van der Waals surface area (Å²) < 4.78 is 8.28. The summed E-state index contributed by atoms with van der Waals surface area (Å²) in [6.07, 6.45) is 8.38. The summed E-state index contributed by atoms with van der Waals surface area (Å²) in [4.78, 5) is 4.42. The SMILES string of the molecule is COC[C@H](C)Nc1ncc2c(Br)cc(C3CCCCC3)n2n1. The second-order valence-corrected chi connectivity index (χ2v) is 6.99. The summed E-state index contributed by atoms with van der Waals surface area (Å²) in [6, 6.07) is 2.39. The fraction of sp³-hybridized carbons (Fsp3) is 0.625. The molecule has 0 bridgehead atoms. The number of rotatable bonds is 5. The molecule has 1 atom stereocenters. The number of ether oxygens (including phenoxy) is 1. The van der Waals surface area contributed by atoms with E-state index >= 15 is 0 Å². The molecular weight excluding hydrogens is 344 g/mol. The molecule has 1 aliphatic carbocycles. The molecule has 0 radical (unpaired) electrons. The van der Waals surface area contributed by atoms with E-state index in [9.17, 15) is 0 Å². The monoisotopic (exact) mass is 366 g/mol. The van der Waals surface area contributed by atoms with Crippen LogP contribution < -0.4 is 5.32 Å². The number of halogens is 1. The van der Waals surface area contributed by atoms with Gasteiger partial charge >= 0.3 is 0 Å². The van der Waals surface area contributed by atoms with Gasteiger partial charge in [-0.2, -0.15) is 0 Å². The van der Waals surface area contributed by atoms with E-state index in [1.54, 1.807) is 7.11 Å². The summed E-state index contributed by atoms with van der Waals surface area (Å²) in [5.41, 5.74) is 2.33. The van der Waals surface area contributed by atoms with Crippen LogP contribution in [0.25, 0.3) is 5.52 Å². The number of fused-ring (bicyclic) bond motifs is 1. The molecule has 120 valence electrons. The standard InChI is InChI=1S/C16H23BrN4O/c1-11(10-22-2)19-16-18-9-15-13(17)8-14(21(15)20-16)12-6-4-3-5-7-12/h8-9,11-12H,3-7,10H2,1-2H3,(H,19,20)/t11-/m0/s1. The fourth-order valence-electron chi connectivity index (χ4n) is 3.24. The van der Waals surface area contributed by atoms with E-state index in [2.05, 4.69) is 43.7 Å². The minimum Gasteiger partial charge on any atom is -0.383 e. The third-order valence-corrected chi connectivity index (χ3v) is 4.95. The van der Waals surface area contributed by atoms with Crippen molar-refractivity contribution in [3.05, 3.63) is 22.4 Å². The smallest absolute Gasteiger partial charge is 0.241 e. The second-order valence-electron chi connectivity index (χ2n) is 6.13. The van der Waals surface area contributed by atoms with Gasteiger partial charge in [0.2, 0.25) is 5.95 Å². The Balaban J connectivity index is 1.91. The molecule has 0 saturated heterocycles. The van der Waals surface area contributed by atoms with E-state index in [4.69, 9.17) is 9.84 Å². The summed E-state index contributed by atoms with van der Waals surface area (Å²) in [7, 11) is 1.70. The maximum atomic E-state index is 5.15. The van der Waals surface area contributed by atoms with Crippen LogP contribution in [0.15, 0.2) is 16.7 Å². The molecule has 0 aromatic carbocycles. The molecule has 3 rings (SSSR count). The third-order valence-electron chi connectivity index (χ3n) is 4.31. The average Bonchev–Trinajstić information content (AvgIpc) is 2.85. The first-order chi connectivity index (χ1) is 10.7. The number of aromatic nitrogens is 3. The highest BCUT2D eigenvalue weighted by molar-refractivity contribution is 9.10. The zero-order chi connectivity index (χ0) is 15.5. The first kappa shape index (κ1) is 15.7. The molecule has 5 nitrogen and oxygen atoms in total. The average molecular weight is 367 g/mol. The highest BCUT2D eigenvalue weighted by atomic mass is 79.9. The third kappa shape index (κ3) is 3.27. The number of hydrogen-bond acceptors (Lipinski definition) is 4. The van der Waals surface area contributed by atoms with Gasteiger partial charge in [0.25, 0.3) is 0 Å². The molecule has 6 heteroatoms. The van der Waals surface area contributed by atoms with Crippen molar-refractivity contribution in [3.63, 3.8) is 0 Å². The van der Waals surface area contributed by atoms with E-state index in [1.807, 2.05) is 6.20 Å². The topological polar surface area (TPSA) is 51.5 Å². The van der Waals surface area contributed by atoms with Crippen molar-refractivity contribution in [2.24, 2.45) is 0 Å². The fourth-order valence-corrected chi connectivity index (χ4v) is 3.75. The molecule has 1 N–H and O–H groups in total. The Kier molecular flexibility index (Phi) is 4.98. The van der Waals surface area contributed by atoms with Gasteiger partial charge in [-0.3, -0.25) is 0 Å². The van der Waals surface area contributed by atoms with Crippen LogP contribution in [0.3, 0.4) is 0 Å². The summed E-state index contributed by atoms with van der Waals surface area (Å²) in [5, 5.41) is 7.99. The maximum Gasteiger partial charge on any atom is 0.241 e. The lowest BCUT2D eigenvalue weighted by molar-refractivity contribution is 0.190. The van der Waals surface area contributed by atoms with Crippen LogP contribution in [-0.2, 0) is 4.74 Å². The van der Waals surface area contributed by atoms with E-state index in [-0.39, 0.29) is 6.04 Å². The first-order valence-electron chi connectivity index (χ1n) is 7.98. The van der Waals surface area contributed by atoms with Crippen LogP contribution in [0.2, 0.25) is 0 Å². The Hall–Kier alpha value is -1.14. The predicted octanol–water partition coefficient (Wildman–Crippen LogP) is 3.99. The quantitative estimate of drug-likeness (QED) is 0.868. The lowest BCUT2D eigenvalue weighted by atomic mass is 9.87. The number of nitrogens with zero attached hydrogens (tertiary/aromatic N) is 3. The highest BCUT2D eigenvalue weighted by Crippen LogP contribution is 2.35. The number of nitrogens with one attached hydrogen (secondary N) is 1. The molecule has 0 aliphatic heterocycles. The number of methoxy groups -OCH3 is 1. The minimum absolute atomic E-state index is 0.180. The van der Waals surface area contributed by atoms with Gasteiger partial charge in [-0.05, 0) is 41.8 Å². The van der Waals surface area contributed by atoms with Gasteiger partial charge in [0.15, 0.2) is 0 Å².